The molecule has 42 heavy (non-hydrogen) atoms. The first-order chi connectivity index (χ1) is 20.3. The van der Waals surface area contributed by atoms with Crippen molar-refractivity contribution in [2.75, 3.05) is 37.0 Å². The number of hydrogen-bond acceptors (Lipinski definition) is 6. The van der Waals surface area contributed by atoms with Crippen LogP contribution in [-0.2, 0) is 21.3 Å². The fourth-order valence-electron chi connectivity index (χ4n) is 4.30. The average Bonchev–Trinajstić information content (AvgIpc) is 3.02. The number of anilines is 2. The molecule has 2 N–H and O–H groups in total. The summed E-state index contributed by atoms with van der Waals surface area (Å²) in [5.74, 6) is -0.388. The molecule has 0 saturated carbocycles. The van der Waals surface area contributed by atoms with Crippen LogP contribution in [0, 0.1) is 0 Å². The molecule has 2 amide bonds. The van der Waals surface area contributed by atoms with Crippen LogP contribution in [-0.4, -0.2) is 47.6 Å². The van der Waals surface area contributed by atoms with Gasteiger partial charge in [-0.2, -0.15) is 0 Å². The number of para-hydroxylation sites is 2. The highest BCUT2D eigenvalue weighted by molar-refractivity contribution is 7.92. The second-order valence-corrected chi connectivity index (χ2v) is 11.2. The van der Waals surface area contributed by atoms with Crippen molar-refractivity contribution in [2.45, 2.75) is 17.9 Å². The zero-order chi connectivity index (χ0) is 30.0. The fourth-order valence-corrected chi connectivity index (χ4v) is 5.77. The van der Waals surface area contributed by atoms with Crippen molar-refractivity contribution in [3.63, 3.8) is 0 Å². The number of hydrogen-bond donors (Lipinski definition) is 2. The van der Waals surface area contributed by atoms with Crippen LogP contribution in [0.5, 0.6) is 5.75 Å². The molecule has 0 spiro atoms. The van der Waals surface area contributed by atoms with E-state index in [1.807, 2.05) is 30.3 Å². The van der Waals surface area contributed by atoms with Crippen molar-refractivity contribution in [3.8, 4) is 5.75 Å². The highest BCUT2D eigenvalue weighted by atomic mass is 32.2. The van der Waals surface area contributed by atoms with Crippen LogP contribution in [0.25, 0.3) is 0 Å². The molecule has 4 aromatic carbocycles. The molecule has 0 atom stereocenters. The summed E-state index contributed by atoms with van der Waals surface area (Å²) >= 11 is 0. The minimum atomic E-state index is -4.12. The van der Waals surface area contributed by atoms with E-state index < -0.39 is 15.9 Å². The third kappa shape index (κ3) is 7.34. The van der Waals surface area contributed by atoms with Crippen molar-refractivity contribution in [1.29, 1.82) is 0 Å². The summed E-state index contributed by atoms with van der Waals surface area (Å²) in [4.78, 5) is 26.6. The van der Waals surface area contributed by atoms with E-state index in [2.05, 4.69) is 10.6 Å². The Hall–Kier alpha value is -4.67. The standard InChI is InChI=1S/C32H33N3O6S/c1-40-22-10-21-33-31(36)27-13-6-8-15-29(27)34-32(37)28-14-7-9-16-30(28)35(23-24-11-4-3-5-12-24)42(38,39)26-19-17-25(41-2)18-20-26/h3-9,11-20H,10,21-23H2,1-2H3,(H,33,36)(H,34,37). The van der Waals surface area contributed by atoms with Crippen molar-refractivity contribution in [1.82, 2.24) is 5.32 Å². The van der Waals surface area contributed by atoms with Gasteiger partial charge in [-0.1, -0.05) is 54.6 Å². The van der Waals surface area contributed by atoms with Gasteiger partial charge in [0.2, 0.25) is 0 Å². The Morgan fingerprint density at radius 2 is 1.40 bits per heavy atom. The Morgan fingerprint density at radius 3 is 2.10 bits per heavy atom. The quantitative estimate of drug-likeness (QED) is 0.210. The molecular formula is C32H33N3O6S. The van der Waals surface area contributed by atoms with Gasteiger partial charge in [0, 0.05) is 20.3 Å². The molecule has 4 aromatic rings. The summed E-state index contributed by atoms with van der Waals surface area (Å²) in [5, 5.41) is 5.64. The van der Waals surface area contributed by atoms with E-state index in [1.54, 1.807) is 67.8 Å². The molecule has 0 aromatic heterocycles. The van der Waals surface area contributed by atoms with Gasteiger partial charge < -0.3 is 20.1 Å². The molecule has 0 heterocycles. The summed E-state index contributed by atoms with van der Waals surface area (Å²) in [6, 6.07) is 28.3. The van der Waals surface area contributed by atoms with Crippen LogP contribution in [0.1, 0.15) is 32.7 Å². The van der Waals surface area contributed by atoms with E-state index >= 15 is 0 Å². The molecule has 10 heteroatoms. The third-order valence-electron chi connectivity index (χ3n) is 6.46. The smallest absolute Gasteiger partial charge is 0.264 e. The lowest BCUT2D eigenvalue weighted by Gasteiger charge is -2.27. The summed E-state index contributed by atoms with van der Waals surface area (Å²) in [6.45, 7) is 0.907. The predicted octanol–water partition coefficient (Wildman–Crippen LogP) is 5.11. The van der Waals surface area contributed by atoms with Gasteiger partial charge >= 0.3 is 0 Å². The monoisotopic (exact) mass is 587 g/mol. The predicted molar refractivity (Wildman–Crippen MR) is 162 cm³/mol. The Balaban J connectivity index is 1.69. The van der Waals surface area contributed by atoms with Gasteiger partial charge in [0.15, 0.2) is 0 Å². The number of methoxy groups -OCH3 is 2. The molecule has 0 radical (unpaired) electrons. The highest BCUT2D eigenvalue weighted by Gasteiger charge is 2.29. The lowest BCUT2D eigenvalue weighted by molar-refractivity contribution is 0.0949. The molecule has 0 aliphatic carbocycles. The summed E-state index contributed by atoms with van der Waals surface area (Å²) < 4.78 is 39.5. The maximum Gasteiger partial charge on any atom is 0.264 e. The molecule has 0 saturated heterocycles. The van der Waals surface area contributed by atoms with Crippen molar-refractivity contribution >= 4 is 33.2 Å². The number of carbonyl (C=O) groups excluding carboxylic acids is 2. The third-order valence-corrected chi connectivity index (χ3v) is 8.24. The molecule has 0 unspecified atom stereocenters. The van der Waals surface area contributed by atoms with Crippen molar-refractivity contribution in [2.24, 2.45) is 0 Å². The van der Waals surface area contributed by atoms with E-state index in [0.29, 0.717) is 31.0 Å². The zero-order valence-corrected chi connectivity index (χ0v) is 24.3. The van der Waals surface area contributed by atoms with Crippen LogP contribution in [0.4, 0.5) is 11.4 Å². The maximum absolute atomic E-state index is 14.1. The zero-order valence-electron chi connectivity index (χ0n) is 23.4. The summed E-state index contributed by atoms with van der Waals surface area (Å²) in [5.41, 5.74) is 1.64. The Kier molecular flexibility index (Phi) is 10.3. The minimum Gasteiger partial charge on any atom is -0.497 e. The number of sulfonamides is 1. The van der Waals surface area contributed by atoms with Gasteiger partial charge in [-0.05, 0) is 60.5 Å². The first-order valence-electron chi connectivity index (χ1n) is 13.3. The lowest BCUT2D eigenvalue weighted by atomic mass is 10.1. The number of nitrogens with zero attached hydrogens (tertiary/aromatic N) is 1. The lowest BCUT2D eigenvalue weighted by Crippen LogP contribution is -2.32. The number of benzene rings is 4. The average molecular weight is 588 g/mol. The number of amides is 2. The largest absolute Gasteiger partial charge is 0.497 e. The maximum atomic E-state index is 14.1. The van der Waals surface area contributed by atoms with Gasteiger partial charge in [-0.15, -0.1) is 0 Å². The van der Waals surface area contributed by atoms with Crippen LogP contribution < -0.4 is 19.7 Å². The van der Waals surface area contributed by atoms with Crippen molar-refractivity contribution < 1.29 is 27.5 Å². The van der Waals surface area contributed by atoms with Crippen LogP contribution in [0.3, 0.4) is 0 Å². The van der Waals surface area contributed by atoms with Gasteiger partial charge in [-0.25, -0.2) is 8.42 Å². The number of carbonyl (C=O) groups is 2. The van der Waals surface area contributed by atoms with E-state index in [4.69, 9.17) is 9.47 Å². The molecule has 0 aliphatic heterocycles. The highest BCUT2D eigenvalue weighted by Crippen LogP contribution is 2.31. The molecule has 0 aliphatic rings. The van der Waals surface area contributed by atoms with Crippen LogP contribution in [0.2, 0.25) is 0 Å². The minimum absolute atomic E-state index is 0.0139. The molecule has 0 bridgehead atoms. The normalized spacial score (nSPS) is 11.0. The van der Waals surface area contributed by atoms with E-state index in [9.17, 15) is 18.0 Å². The van der Waals surface area contributed by atoms with Crippen LogP contribution in [0.15, 0.2) is 108 Å². The molecule has 0 fully saturated rings. The van der Waals surface area contributed by atoms with Crippen molar-refractivity contribution in [3.05, 3.63) is 120 Å². The van der Waals surface area contributed by atoms with E-state index in [-0.39, 0.29) is 34.2 Å². The number of nitrogens with one attached hydrogen (secondary N) is 2. The summed E-state index contributed by atoms with van der Waals surface area (Å²) in [6.07, 6.45) is 0.643. The Morgan fingerprint density at radius 1 is 0.762 bits per heavy atom. The SMILES string of the molecule is COCCCNC(=O)c1ccccc1NC(=O)c1ccccc1N(Cc1ccccc1)S(=O)(=O)c1ccc(OC)cc1. The fraction of sp³-hybridized carbons (Fsp3) is 0.188. The second-order valence-electron chi connectivity index (χ2n) is 9.29. The molecule has 218 valence electrons. The first kappa shape index (κ1) is 30.3. The Labute approximate surface area is 246 Å². The summed E-state index contributed by atoms with van der Waals surface area (Å²) in [7, 11) is -1.03. The van der Waals surface area contributed by atoms with Gasteiger partial charge in [0.1, 0.15) is 5.75 Å². The van der Waals surface area contributed by atoms with Gasteiger partial charge in [0.25, 0.3) is 21.8 Å². The Bertz CT molecular complexity index is 1610. The van der Waals surface area contributed by atoms with E-state index in [1.165, 1.54) is 23.5 Å². The van der Waals surface area contributed by atoms with E-state index in [0.717, 1.165) is 5.56 Å². The van der Waals surface area contributed by atoms with Crippen LogP contribution >= 0.6 is 0 Å². The van der Waals surface area contributed by atoms with Gasteiger partial charge in [0.05, 0.1) is 41.1 Å². The molecule has 9 nitrogen and oxygen atoms in total. The molecule has 4 rings (SSSR count). The first-order valence-corrected chi connectivity index (χ1v) is 14.8. The second kappa shape index (κ2) is 14.3. The number of rotatable bonds is 13. The number of ether oxygens (including phenoxy) is 2. The molecular weight excluding hydrogens is 554 g/mol. The topological polar surface area (TPSA) is 114 Å². The van der Waals surface area contributed by atoms with Gasteiger partial charge in [-0.3, -0.25) is 13.9 Å².